The van der Waals surface area contributed by atoms with Gasteiger partial charge in [-0.25, -0.2) is 0 Å². The molecule has 0 spiro atoms. The third kappa shape index (κ3) is 3.67. The van der Waals surface area contributed by atoms with Crippen molar-refractivity contribution in [1.82, 2.24) is 4.90 Å². The van der Waals surface area contributed by atoms with E-state index in [1.165, 1.54) is 0 Å². The highest BCUT2D eigenvalue weighted by atomic mass is 35.5. The summed E-state index contributed by atoms with van der Waals surface area (Å²) in [6.45, 7) is 2.86. The molecule has 2 aliphatic rings. The predicted molar refractivity (Wildman–Crippen MR) is 92.8 cm³/mol. The summed E-state index contributed by atoms with van der Waals surface area (Å²) in [5.74, 6) is 0.553. The van der Waals surface area contributed by atoms with E-state index in [1.54, 1.807) is 6.07 Å². The van der Waals surface area contributed by atoms with Crippen LogP contribution in [-0.2, 0) is 11.2 Å². The second kappa shape index (κ2) is 7.00. The second-order valence-corrected chi connectivity index (χ2v) is 7.80. The van der Waals surface area contributed by atoms with Crippen molar-refractivity contribution >= 4 is 29.1 Å². The number of hydrogen-bond acceptors (Lipinski definition) is 2. The number of carbonyl (C=O) groups is 1. The Kier molecular flexibility index (Phi) is 5.19. The lowest BCUT2D eigenvalue weighted by atomic mass is 9.79. The number of rotatable bonds is 3. The lowest BCUT2D eigenvalue weighted by Gasteiger charge is -2.38. The fourth-order valence-electron chi connectivity index (χ4n) is 3.91. The topological polar surface area (TPSA) is 40.5 Å². The molecule has 1 aliphatic heterocycles. The molecule has 1 aromatic rings. The van der Waals surface area contributed by atoms with E-state index in [9.17, 15) is 9.90 Å². The Morgan fingerprint density at radius 2 is 2.04 bits per heavy atom. The molecule has 5 heteroatoms. The molecule has 1 saturated heterocycles. The van der Waals surface area contributed by atoms with Crippen molar-refractivity contribution in [1.29, 1.82) is 0 Å². The zero-order valence-electron chi connectivity index (χ0n) is 13.3. The van der Waals surface area contributed by atoms with E-state index in [0.717, 1.165) is 44.2 Å². The van der Waals surface area contributed by atoms with Gasteiger partial charge in [-0.2, -0.15) is 0 Å². The first kappa shape index (κ1) is 17.1. The van der Waals surface area contributed by atoms with Gasteiger partial charge in [-0.05, 0) is 55.7 Å². The number of carbonyl (C=O) groups excluding carboxylic acids is 1. The van der Waals surface area contributed by atoms with Crippen LogP contribution in [0.2, 0.25) is 10.0 Å². The Labute approximate surface area is 147 Å². The average molecular weight is 356 g/mol. The molecule has 0 bridgehead atoms. The molecule has 4 unspecified atom stereocenters. The van der Waals surface area contributed by atoms with Crippen LogP contribution in [0.4, 0.5) is 0 Å². The van der Waals surface area contributed by atoms with Crippen LogP contribution in [0.3, 0.4) is 0 Å². The largest absolute Gasteiger partial charge is 0.393 e. The van der Waals surface area contributed by atoms with Gasteiger partial charge in [0.15, 0.2) is 0 Å². The predicted octanol–water partition coefficient (Wildman–Crippen LogP) is 3.93. The molecule has 3 rings (SSSR count). The molecule has 0 aromatic heterocycles. The van der Waals surface area contributed by atoms with Gasteiger partial charge in [-0.15, -0.1) is 0 Å². The zero-order chi connectivity index (χ0) is 16.6. The molecule has 1 aromatic carbocycles. The zero-order valence-corrected chi connectivity index (χ0v) is 14.9. The van der Waals surface area contributed by atoms with Crippen molar-refractivity contribution < 1.29 is 9.90 Å². The fourth-order valence-corrected chi connectivity index (χ4v) is 4.39. The van der Waals surface area contributed by atoms with Crippen LogP contribution in [0.25, 0.3) is 0 Å². The van der Waals surface area contributed by atoms with Crippen molar-refractivity contribution in [2.45, 2.75) is 51.2 Å². The second-order valence-electron chi connectivity index (χ2n) is 6.96. The molecule has 1 amide bonds. The maximum atomic E-state index is 12.3. The molecule has 1 heterocycles. The minimum absolute atomic E-state index is 0.135. The third-order valence-corrected chi connectivity index (χ3v) is 5.95. The summed E-state index contributed by atoms with van der Waals surface area (Å²) < 4.78 is 0. The van der Waals surface area contributed by atoms with Gasteiger partial charge in [0, 0.05) is 28.5 Å². The number of halogens is 2. The summed E-state index contributed by atoms with van der Waals surface area (Å²) in [5, 5.41) is 11.7. The van der Waals surface area contributed by atoms with E-state index in [1.807, 2.05) is 24.0 Å². The number of hydrogen-bond donors (Lipinski definition) is 1. The Balaban J connectivity index is 1.70. The minimum atomic E-state index is -0.326. The summed E-state index contributed by atoms with van der Waals surface area (Å²) in [6, 6.07) is 5.77. The molecular weight excluding hydrogens is 333 g/mol. The summed E-state index contributed by atoms with van der Waals surface area (Å²) in [4.78, 5) is 14.3. The van der Waals surface area contributed by atoms with E-state index < -0.39 is 0 Å². The van der Waals surface area contributed by atoms with Gasteiger partial charge in [0.1, 0.15) is 0 Å². The maximum Gasteiger partial charge on any atom is 0.225 e. The highest BCUT2D eigenvalue weighted by molar-refractivity contribution is 6.35. The van der Waals surface area contributed by atoms with Gasteiger partial charge in [0.25, 0.3) is 0 Å². The van der Waals surface area contributed by atoms with E-state index in [4.69, 9.17) is 23.2 Å². The molecular formula is C18H23Cl2NO2. The summed E-state index contributed by atoms with van der Waals surface area (Å²) >= 11 is 12.2. The molecule has 1 saturated carbocycles. The van der Waals surface area contributed by atoms with E-state index in [2.05, 4.69) is 0 Å². The molecule has 1 N–H and O–H groups in total. The lowest BCUT2D eigenvalue weighted by Crippen LogP contribution is -2.44. The Hall–Kier alpha value is -0.770. The Morgan fingerprint density at radius 1 is 1.26 bits per heavy atom. The van der Waals surface area contributed by atoms with E-state index >= 15 is 0 Å². The van der Waals surface area contributed by atoms with Gasteiger partial charge < -0.3 is 10.0 Å². The third-order valence-electron chi connectivity index (χ3n) is 5.36. The smallest absolute Gasteiger partial charge is 0.225 e. The quantitative estimate of drug-likeness (QED) is 0.891. The van der Waals surface area contributed by atoms with Crippen LogP contribution in [0.5, 0.6) is 0 Å². The lowest BCUT2D eigenvalue weighted by molar-refractivity contribution is -0.134. The SMILES string of the molecule is CC1CCN(C2CCC(O)C(Cc3ccc(Cl)cc3Cl)C2)C1=O. The molecule has 3 nitrogen and oxygen atoms in total. The van der Waals surface area contributed by atoms with Crippen LogP contribution >= 0.6 is 23.2 Å². The van der Waals surface area contributed by atoms with Crippen LogP contribution < -0.4 is 0 Å². The van der Waals surface area contributed by atoms with Crippen molar-refractivity contribution in [3.8, 4) is 0 Å². The number of nitrogens with zero attached hydrogens (tertiary/aromatic N) is 1. The molecule has 1 aliphatic carbocycles. The Morgan fingerprint density at radius 3 is 2.70 bits per heavy atom. The number of aliphatic hydroxyl groups excluding tert-OH is 1. The molecule has 4 atom stereocenters. The Bertz CT molecular complexity index is 592. The summed E-state index contributed by atoms with van der Waals surface area (Å²) in [5.41, 5.74) is 1.02. The maximum absolute atomic E-state index is 12.3. The van der Waals surface area contributed by atoms with Gasteiger partial charge in [-0.1, -0.05) is 36.2 Å². The number of benzene rings is 1. The molecule has 2 fully saturated rings. The van der Waals surface area contributed by atoms with Crippen LogP contribution in [0.1, 0.15) is 38.2 Å². The first-order valence-electron chi connectivity index (χ1n) is 8.38. The summed E-state index contributed by atoms with van der Waals surface area (Å²) in [6.07, 6.45) is 3.84. The number of amides is 1. The monoisotopic (exact) mass is 355 g/mol. The van der Waals surface area contributed by atoms with Gasteiger partial charge in [0.2, 0.25) is 5.91 Å². The first-order chi connectivity index (χ1) is 11.0. The number of aliphatic hydroxyl groups is 1. The van der Waals surface area contributed by atoms with Crippen molar-refractivity contribution in [2.75, 3.05) is 6.54 Å². The molecule has 23 heavy (non-hydrogen) atoms. The van der Waals surface area contributed by atoms with Gasteiger partial charge in [-0.3, -0.25) is 4.79 Å². The van der Waals surface area contributed by atoms with Crippen LogP contribution in [0.15, 0.2) is 18.2 Å². The summed E-state index contributed by atoms with van der Waals surface area (Å²) in [7, 11) is 0. The molecule has 0 radical (unpaired) electrons. The number of likely N-dealkylation sites (tertiary alicyclic amines) is 1. The van der Waals surface area contributed by atoms with Gasteiger partial charge >= 0.3 is 0 Å². The van der Waals surface area contributed by atoms with Crippen LogP contribution in [-0.4, -0.2) is 34.6 Å². The highest BCUT2D eigenvalue weighted by Gasteiger charge is 2.38. The van der Waals surface area contributed by atoms with Crippen LogP contribution in [0, 0.1) is 11.8 Å². The van der Waals surface area contributed by atoms with E-state index in [0.29, 0.717) is 10.0 Å². The standard InChI is InChI=1S/C18H23Cl2NO2/c1-11-6-7-21(18(11)23)15-4-5-17(22)13(9-15)8-12-2-3-14(19)10-16(12)20/h2-3,10-11,13,15,17,22H,4-9H2,1H3. The molecule has 126 valence electrons. The van der Waals surface area contributed by atoms with Crippen molar-refractivity contribution in [2.24, 2.45) is 11.8 Å². The fraction of sp³-hybridized carbons (Fsp3) is 0.611. The van der Waals surface area contributed by atoms with Crippen molar-refractivity contribution in [3.63, 3.8) is 0 Å². The van der Waals surface area contributed by atoms with Crippen molar-refractivity contribution in [3.05, 3.63) is 33.8 Å². The first-order valence-corrected chi connectivity index (χ1v) is 9.13. The van der Waals surface area contributed by atoms with E-state index in [-0.39, 0.29) is 29.9 Å². The average Bonchev–Trinajstić information content (AvgIpc) is 2.84. The normalized spacial score (nSPS) is 31.7. The van der Waals surface area contributed by atoms with Gasteiger partial charge in [0.05, 0.1) is 6.10 Å². The highest BCUT2D eigenvalue weighted by Crippen LogP contribution is 2.35. The minimum Gasteiger partial charge on any atom is -0.393 e.